The third kappa shape index (κ3) is 29.7. The number of nitrogens with one attached hydrogen (secondary N) is 1. The van der Waals surface area contributed by atoms with Crippen LogP contribution in [0.5, 0.6) is 0 Å². The van der Waals surface area contributed by atoms with E-state index in [1.807, 2.05) is 6.08 Å². The van der Waals surface area contributed by atoms with Crippen LogP contribution in [0.2, 0.25) is 0 Å². The second-order valence-electron chi connectivity index (χ2n) is 22.5. The van der Waals surface area contributed by atoms with E-state index in [4.69, 9.17) is 28.4 Å². The summed E-state index contributed by atoms with van der Waals surface area (Å²) in [6.45, 7) is 1.65. The van der Waals surface area contributed by atoms with Crippen molar-refractivity contribution in [2.24, 2.45) is 0 Å². The van der Waals surface area contributed by atoms with Crippen LogP contribution in [0.4, 0.5) is 0 Å². The van der Waals surface area contributed by atoms with Gasteiger partial charge in [-0.2, -0.15) is 0 Å². The lowest BCUT2D eigenvalue weighted by Gasteiger charge is -2.48. The summed E-state index contributed by atoms with van der Waals surface area (Å²) in [6.07, 6.45) is 28.7. The van der Waals surface area contributed by atoms with Gasteiger partial charge in [0.15, 0.2) is 18.9 Å². The molecule has 480 valence electrons. The molecule has 83 heavy (non-hydrogen) atoms. The van der Waals surface area contributed by atoms with Crippen molar-refractivity contribution in [2.75, 3.05) is 26.4 Å². The van der Waals surface area contributed by atoms with E-state index in [-0.39, 0.29) is 18.9 Å². The van der Waals surface area contributed by atoms with Gasteiger partial charge in [0.05, 0.1) is 38.6 Å². The predicted molar refractivity (Wildman–Crippen MR) is 318 cm³/mol. The van der Waals surface area contributed by atoms with Crippen molar-refractivity contribution in [2.45, 2.75) is 298 Å². The molecule has 0 bridgehead atoms. The van der Waals surface area contributed by atoms with Crippen LogP contribution in [0, 0.1) is 0 Å². The monoisotopic (exact) mass is 1180 g/mol. The van der Waals surface area contributed by atoms with Crippen LogP contribution in [-0.4, -0.2) is 193 Å². The number of allylic oxidation sites excluding steroid dienone is 11. The normalized spacial score (nSPS) is 29.9. The third-order valence-electron chi connectivity index (χ3n) is 15.5. The molecule has 0 aromatic rings. The van der Waals surface area contributed by atoms with Gasteiger partial charge in [-0.25, -0.2) is 0 Å². The molecule has 3 saturated heterocycles. The van der Waals surface area contributed by atoms with Crippen molar-refractivity contribution < 1.29 is 89.4 Å². The molecule has 0 aliphatic carbocycles. The predicted octanol–water partition coefficient (Wildman–Crippen LogP) is 6.60. The first-order valence-electron chi connectivity index (χ1n) is 31.7. The molecule has 0 aromatic heterocycles. The van der Waals surface area contributed by atoms with E-state index in [1.54, 1.807) is 6.08 Å². The molecule has 0 saturated carbocycles. The second-order valence-corrected chi connectivity index (χ2v) is 22.5. The van der Waals surface area contributed by atoms with Crippen molar-refractivity contribution in [3.05, 3.63) is 72.9 Å². The van der Waals surface area contributed by atoms with Gasteiger partial charge < -0.3 is 89.9 Å². The van der Waals surface area contributed by atoms with Gasteiger partial charge in [-0.05, 0) is 83.5 Å². The molecule has 19 nitrogen and oxygen atoms in total. The number of ether oxygens (including phenoxy) is 6. The van der Waals surface area contributed by atoms with E-state index in [0.717, 1.165) is 77.0 Å². The quantitative estimate of drug-likeness (QED) is 0.0226. The molecule has 12 N–H and O–H groups in total. The number of hydrogen-bond donors (Lipinski definition) is 12. The molecule has 3 aliphatic heterocycles. The fraction of sp³-hybridized carbons (Fsp3) is 0.797. The topological polar surface area (TPSA) is 307 Å². The van der Waals surface area contributed by atoms with E-state index in [9.17, 15) is 61.0 Å². The Labute approximate surface area is 496 Å². The largest absolute Gasteiger partial charge is 0.394 e. The number of aliphatic hydroxyl groups is 11. The molecule has 0 spiro atoms. The minimum absolute atomic E-state index is 0.214. The first kappa shape index (κ1) is 74.5. The fourth-order valence-corrected chi connectivity index (χ4v) is 10.2. The van der Waals surface area contributed by atoms with Crippen LogP contribution in [0.3, 0.4) is 0 Å². The molecule has 17 atom stereocenters. The standard InChI is InChI=1S/C64H111NO18/c1-3-5-7-9-11-13-15-17-19-21-22-23-24-26-28-30-32-34-36-38-40-42-52(70)65-47(48(69)41-39-37-35-33-31-29-27-25-20-18-16-14-12-10-8-6-4-2)46-78-62-58(76)55(73)60(50(44-67)80-62)83-64-59(77)56(74)61(51(45-68)81-64)82-63-57(75)54(72)53(71)49(43-66)79-63/h15,17,20-22,24-26,31,33,39,41,47-51,53-64,66-69,71-77H,3-14,16,18-19,23,27-30,32,34-38,40,42-46H2,1-2H3,(H,65,70)/b17-15-,22-21-,25-20+,26-24-,33-31+,41-39+. The molecule has 3 aliphatic rings. The molecule has 0 aromatic carbocycles. The first-order chi connectivity index (χ1) is 40.3. The number of aliphatic hydroxyl groups excluding tert-OH is 11. The Morgan fingerprint density at radius 1 is 0.434 bits per heavy atom. The molecule has 3 heterocycles. The zero-order valence-corrected chi connectivity index (χ0v) is 50.1. The van der Waals surface area contributed by atoms with Crippen molar-refractivity contribution in [3.8, 4) is 0 Å². The molecule has 19 heteroatoms. The van der Waals surface area contributed by atoms with Gasteiger partial charge >= 0.3 is 0 Å². The van der Waals surface area contributed by atoms with Crippen LogP contribution < -0.4 is 5.32 Å². The zero-order chi connectivity index (χ0) is 60.5. The SMILES string of the molecule is CCCCCCC/C=C\C/C=C\C/C=C\CCCCCCCCC(=O)NC(COC1OC(CO)C(OC2OC(CO)C(OC3OC(CO)C(O)C(O)C3O)C(O)C2O)C(O)C1O)C(O)/C=C/CC/C=C/CC/C=C/CCCCCCCCC. The second kappa shape index (κ2) is 46.4. The van der Waals surface area contributed by atoms with Crippen molar-refractivity contribution in [1.82, 2.24) is 5.32 Å². The van der Waals surface area contributed by atoms with Crippen LogP contribution in [0.1, 0.15) is 194 Å². The van der Waals surface area contributed by atoms with Crippen molar-refractivity contribution in [1.29, 1.82) is 0 Å². The maximum atomic E-state index is 13.3. The van der Waals surface area contributed by atoms with Crippen LogP contribution >= 0.6 is 0 Å². The number of rotatable bonds is 46. The summed E-state index contributed by atoms with van der Waals surface area (Å²) < 4.78 is 34.2. The Morgan fingerprint density at radius 3 is 1.29 bits per heavy atom. The van der Waals surface area contributed by atoms with Gasteiger partial charge in [0.25, 0.3) is 0 Å². The number of hydrogen-bond acceptors (Lipinski definition) is 18. The summed E-state index contributed by atoms with van der Waals surface area (Å²) in [6, 6.07) is -1.01. The average molecular weight is 1180 g/mol. The van der Waals surface area contributed by atoms with Gasteiger partial charge in [0.1, 0.15) is 73.2 Å². The third-order valence-corrected chi connectivity index (χ3v) is 15.5. The molecule has 0 radical (unpaired) electrons. The molecule has 17 unspecified atom stereocenters. The minimum atomic E-state index is -1.99. The van der Waals surface area contributed by atoms with Gasteiger partial charge in [0.2, 0.25) is 5.91 Å². The van der Waals surface area contributed by atoms with Crippen LogP contribution in [0.25, 0.3) is 0 Å². The number of carbonyl (C=O) groups excluding carboxylic acids is 1. The molecular weight excluding hydrogens is 1070 g/mol. The van der Waals surface area contributed by atoms with Crippen LogP contribution in [0.15, 0.2) is 72.9 Å². The molecule has 3 rings (SSSR count). The summed E-state index contributed by atoms with van der Waals surface area (Å²) in [5, 5.41) is 120. The van der Waals surface area contributed by atoms with Gasteiger partial charge in [-0.1, -0.05) is 177 Å². The lowest BCUT2D eigenvalue weighted by Crippen LogP contribution is -2.66. The highest BCUT2D eigenvalue weighted by molar-refractivity contribution is 5.76. The number of amides is 1. The van der Waals surface area contributed by atoms with E-state index in [2.05, 4.69) is 79.9 Å². The maximum Gasteiger partial charge on any atom is 0.220 e. The highest BCUT2D eigenvalue weighted by Gasteiger charge is 2.53. The molecule has 3 fully saturated rings. The Balaban J connectivity index is 1.51. The Morgan fingerprint density at radius 2 is 0.807 bits per heavy atom. The lowest BCUT2D eigenvalue weighted by molar-refractivity contribution is -0.379. The molecular formula is C64H111NO18. The zero-order valence-electron chi connectivity index (χ0n) is 50.1. The van der Waals surface area contributed by atoms with E-state index in [0.29, 0.717) is 12.8 Å². The number of unbranched alkanes of at least 4 members (excludes halogenated alkanes) is 20. The summed E-state index contributed by atoms with van der Waals surface area (Å²) in [4.78, 5) is 13.3. The smallest absolute Gasteiger partial charge is 0.220 e. The summed E-state index contributed by atoms with van der Waals surface area (Å²) in [5.74, 6) is -0.305. The minimum Gasteiger partial charge on any atom is -0.394 e. The number of carbonyl (C=O) groups is 1. The van der Waals surface area contributed by atoms with Gasteiger partial charge in [-0.15, -0.1) is 0 Å². The Hall–Kier alpha value is -2.77. The average Bonchev–Trinajstić information content (AvgIpc) is 3.34. The van der Waals surface area contributed by atoms with Gasteiger partial charge in [-0.3, -0.25) is 4.79 Å². The summed E-state index contributed by atoms with van der Waals surface area (Å²) in [5.41, 5.74) is 0. The lowest BCUT2D eigenvalue weighted by atomic mass is 9.96. The fourth-order valence-electron chi connectivity index (χ4n) is 10.2. The highest BCUT2D eigenvalue weighted by Crippen LogP contribution is 2.33. The van der Waals surface area contributed by atoms with Crippen molar-refractivity contribution in [3.63, 3.8) is 0 Å². The first-order valence-corrected chi connectivity index (χ1v) is 31.7. The van der Waals surface area contributed by atoms with Crippen molar-refractivity contribution >= 4 is 5.91 Å². The van der Waals surface area contributed by atoms with E-state index >= 15 is 0 Å². The van der Waals surface area contributed by atoms with E-state index < -0.39 is 124 Å². The highest BCUT2D eigenvalue weighted by atomic mass is 16.8. The summed E-state index contributed by atoms with van der Waals surface area (Å²) in [7, 11) is 0. The Kier molecular flexibility index (Phi) is 41.6. The summed E-state index contributed by atoms with van der Waals surface area (Å²) >= 11 is 0. The molecule has 1 amide bonds. The van der Waals surface area contributed by atoms with E-state index in [1.165, 1.54) is 83.5 Å². The van der Waals surface area contributed by atoms with Gasteiger partial charge in [0, 0.05) is 6.42 Å². The Bertz CT molecular complexity index is 1790. The van der Waals surface area contributed by atoms with Crippen LogP contribution in [-0.2, 0) is 33.2 Å². The maximum absolute atomic E-state index is 13.3.